The maximum Gasteiger partial charge on any atom is 0.259 e. The van der Waals surface area contributed by atoms with Crippen molar-refractivity contribution in [1.82, 2.24) is 4.98 Å². The summed E-state index contributed by atoms with van der Waals surface area (Å²) >= 11 is 19.4. The molecule has 2 aromatic carbocycles. The van der Waals surface area contributed by atoms with Gasteiger partial charge in [0.1, 0.15) is 5.75 Å². The van der Waals surface area contributed by atoms with Gasteiger partial charge in [0.2, 0.25) is 0 Å². The Morgan fingerprint density at radius 3 is 2.68 bits per heavy atom. The minimum atomic E-state index is -0.374. The van der Waals surface area contributed by atoms with Crippen LogP contribution in [0.4, 0.5) is 5.13 Å². The fourth-order valence-corrected chi connectivity index (χ4v) is 3.49. The van der Waals surface area contributed by atoms with Gasteiger partial charge in [-0.25, -0.2) is 4.98 Å². The molecule has 8 heteroatoms. The number of amides is 1. The first-order chi connectivity index (χ1) is 12.0. The van der Waals surface area contributed by atoms with Crippen LogP contribution in [0, 0.1) is 0 Å². The van der Waals surface area contributed by atoms with E-state index < -0.39 is 0 Å². The summed E-state index contributed by atoms with van der Waals surface area (Å²) in [5.74, 6) is 0.214. The quantitative estimate of drug-likeness (QED) is 0.568. The molecule has 0 aliphatic heterocycles. The Morgan fingerprint density at radius 2 is 1.96 bits per heavy atom. The van der Waals surface area contributed by atoms with Gasteiger partial charge in [0.15, 0.2) is 5.13 Å². The number of thiazole rings is 1. The predicted molar refractivity (Wildman–Crippen MR) is 104 cm³/mol. The lowest BCUT2D eigenvalue weighted by Crippen LogP contribution is -2.12. The summed E-state index contributed by atoms with van der Waals surface area (Å²) in [4.78, 5) is 16.8. The van der Waals surface area contributed by atoms with Crippen LogP contribution in [0.1, 0.15) is 10.4 Å². The number of halogens is 3. The Bertz CT molecular complexity index is 943. The van der Waals surface area contributed by atoms with Crippen molar-refractivity contribution in [1.29, 1.82) is 0 Å². The number of nitrogens with one attached hydrogen (secondary N) is 1. The highest BCUT2D eigenvalue weighted by molar-refractivity contribution is 7.14. The van der Waals surface area contributed by atoms with E-state index >= 15 is 0 Å². The number of hydrogen-bond donors (Lipinski definition) is 1. The zero-order chi connectivity index (χ0) is 18.0. The van der Waals surface area contributed by atoms with Crippen molar-refractivity contribution in [3.05, 3.63) is 62.4 Å². The van der Waals surface area contributed by atoms with Gasteiger partial charge in [0, 0.05) is 10.9 Å². The van der Waals surface area contributed by atoms with E-state index in [9.17, 15) is 4.79 Å². The maximum absolute atomic E-state index is 12.3. The molecule has 0 saturated carbocycles. The lowest BCUT2D eigenvalue weighted by atomic mass is 10.2. The van der Waals surface area contributed by atoms with E-state index in [1.165, 1.54) is 11.3 Å². The van der Waals surface area contributed by atoms with Gasteiger partial charge in [-0.15, -0.1) is 11.3 Å². The number of ether oxygens (including phenoxy) is 1. The number of benzene rings is 2. The summed E-state index contributed by atoms with van der Waals surface area (Å²) in [6.45, 7) is 0. The molecule has 0 fully saturated rings. The topological polar surface area (TPSA) is 51.2 Å². The van der Waals surface area contributed by atoms with E-state index in [1.807, 2.05) is 11.4 Å². The largest absolute Gasteiger partial charge is 0.495 e. The van der Waals surface area contributed by atoms with E-state index in [2.05, 4.69) is 10.3 Å². The van der Waals surface area contributed by atoms with Crippen LogP contribution in [0.3, 0.4) is 0 Å². The van der Waals surface area contributed by atoms with E-state index in [1.54, 1.807) is 37.4 Å². The van der Waals surface area contributed by atoms with Crippen LogP contribution in [-0.4, -0.2) is 18.0 Å². The third-order valence-electron chi connectivity index (χ3n) is 3.37. The average Bonchev–Trinajstić information content (AvgIpc) is 3.05. The molecule has 1 aromatic heterocycles. The number of hydrogen-bond acceptors (Lipinski definition) is 4. The highest BCUT2D eigenvalue weighted by Crippen LogP contribution is 2.32. The van der Waals surface area contributed by atoms with Gasteiger partial charge >= 0.3 is 0 Å². The van der Waals surface area contributed by atoms with Gasteiger partial charge in [-0.3, -0.25) is 10.1 Å². The van der Waals surface area contributed by atoms with Gasteiger partial charge in [-0.2, -0.15) is 0 Å². The van der Waals surface area contributed by atoms with Gasteiger partial charge in [0.25, 0.3) is 5.91 Å². The molecule has 0 atom stereocenters. The number of carbonyl (C=O) groups excluding carboxylic acids is 1. The van der Waals surface area contributed by atoms with Crippen molar-refractivity contribution in [3.8, 4) is 17.0 Å². The molecule has 1 amide bonds. The Balaban J connectivity index is 1.81. The number of methoxy groups -OCH3 is 1. The van der Waals surface area contributed by atoms with Crippen LogP contribution in [0.25, 0.3) is 11.3 Å². The molecule has 128 valence electrons. The molecule has 1 heterocycles. The lowest BCUT2D eigenvalue weighted by Gasteiger charge is -2.05. The summed E-state index contributed by atoms with van der Waals surface area (Å²) in [5, 5.41) is 6.02. The number of aromatic nitrogens is 1. The molecule has 1 N–H and O–H groups in total. The van der Waals surface area contributed by atoms with Gasteiger partial charge in [-0.05, 0) is 30.3 Å². The Morgan fingerprint density at radius 1 is 1.16 bits per heavy atom. The molecule has 3 rings (SSSR count). The lowest BCUT2D eigenvalue weighted by molar-refractivity contribution is 0.102. The SMILES string of the molecule is COc1ccc(-c2csc(NC(=O)c3cccc(Cl)c3Cl)n2)cc1Cl. The molecule has 0 spiro atoms. The standard InChI is InChI=1S/C17H11Cl3N2O2S/c1-24-14-6-5-9(7-12(14)19)13-8-25-17(21-13)22-16(23)10-3-2-4-11(18)15(10)20/h2-8H,1H3,(H,21,22,23). The molecule has 3 aromatic rings. The summed E-state index contributed by atoms with van der Waals surface area (Å²) in [6, 6.07) is 10.3. The molecule has 0 aliphatic carbocycles. The number of rotatable bonds is 4. The van der Waals surface area contributed by atoms with Crippen LogP contribution in [0.15, 0.2) is 41.8 Å². The molecule has 0 unspecified atom stereocenters. The smallest absolute Gasteiger partial charge is 0.259 e. The van der Waals surface area contributed by atoms with Gasteiger partial charge < -0.3 is 4.74 Å². The molecule has 0 radical (unpaired) electrons. The molecule has 0 bridgehead atoms. The highest BCUT2D eigenvalue weighted by Gasteiger charge is 2.15. The maximum atomic E-state index is 12.3. The number of carbonyl (C=O) groups is 1. The second-order valence-electron chi connectivity index (χ2n) is 4.94. The summed E-state index contributed by atoms with van der Waals surface area (Å²) in [5.41, 5.74) is 1.81. The molecule has 4 nitrogen and oxygen atoms in total. The van der Waals surface area contributed by atoms with Gasteiger partial charge in [0.05, 0.1) is 33.4 Å². The summed E-state index contributed by atoms with van der Waals surface area (Å²) < 4.78 is 5.13. The van der Waals surface area contributed by atoms with Crippen LogP contribution in [0.2, 0.25) is 15.1 Å². The zero-order valence-corrected chi connectivity index (χ0v) is 15.9. The Hall–Kier alpha value is -1.79. The van der Waals surface area contributed by atoms with E-state index in [4.69, 9.17) is 39.5 Å². The monoisotopic (exact) mass is 412 g/mol. The molecule has 25 heavy (non-hydrogen) atoms. The first-order valence-corrected chi connectivity index (χ1v) is 9.05. The second kappa shape index (κ2) is 7.62. The van der Waals surface area contributed by atoms with Crippen LogP contribution < -0.4 is 10.1 Å². The fraction of sp³-hybridized carbons (Fsp3) is 0.0588. The first-order valence-electron chi connectivity index (χ1n) is 7.04. The molecular weight excluding hydrogens is 403 g/mol. The Labute approximate surface area is 163 Å². The third kappa shape index (κ3) is 3.90. The average molecular weight is 414 g/mol. The van der Waals surface area contributed by atoms with Crippen molar-refractivity contribution in [2.24, 2.45) is 0 Å². The van der Waals surface area contributed by atoms with Crippen molar-refractivity contribution in [3.63, 3.8) is 0 Å². The van der Waals surface area contributed by atoms with Gasteiger partial charge in [-0.1, -0.05) is 40.9 Å². The van der Waals surface area contributed by atoms with Crippen molar-refractivity contribution < 1.29 is 9.53 Å². The van der Waals surface area contributed by atoms with Crippen molar-refractivity contribution in [2.75, 3.05) is 12.4 Å². The fourth-order valence-electron chi connectivity index (χ4n) is 2.13. The van der Waals surface area contributed by atoms with Crippen LogP contribution >= 0.6 is 46.1 Å². The van der Waals surface area contributed by atoms with Crippen LogP contribution in [0.5, 0.6) is 5.75 Å². The highest BCUT2D eigenvalue weighted by atomic mass is 35.5. The summed E-state index contributed by atoms with van der Waals surface area (Å²) in [7, 11) is 1.55. The minimum absolute atomic E-state index is 0.209. The normalized spacial score (nSPS) is 10.6. The zero-order valence-electron chi connectivity index (χ0n) is 12.8. The van der Waals surface area contributed by atoms with Crippen LogP contribution in [-0.2, 0) is 0 Å². The molecule has 0 saturated heterocycles. The summed E-state index contributed by atoms with van der Waals surface area (Å²) in [6.07, 6.45) is 0. The number of nitrogens with zero attached hydrogens (tertiary/aromatic N) is 1. The molecular formula is C17H11Cl3N2O2S. The predicted octanol–water partition coefficient (Wildman–Crippen LogP) is 6.03. The van der Waals surface area contributed by atoms with E-state index in [0.717, 1.165) is 5.56 Å². The van der Waals surface area contributed by atoms with Crippen molar-refractivity contribution >= 4 is 57.2 Å². The van der Waals surface area contributed by atoms with E-state index in [0.29, 0.717) is 32.2 Å². The molecule has 0 aliphatic rings. The number of anilines is 1. The first kappa shape index (κ1) is 18.0. The Kier molecular flexibility index (Phi) is 5.49. The minimum Gasteiger partial charge on any atom is -0.495 e. The third-order valence-corrected chi connectivity index (χ3v) is 5.24. The van der Waals surface area contributed by atoms with E-state index in [-0.39, 0.29) is 10.9 Å². The second-order valence-corrected chi connectivity index (χ2v) is 6.99. The van der Waals surface area contributed by atoms with Crippen molar-refractivity contribution in [2.45, 2.75) is 0 Å².